The molecule has 188 valence electrons. The Morgan fingerprint density at radius 3 is 2.37 bits per heavy atom. The molecule has 2 saturated heterocycles. The number of nitrogens with one attached hydrogen (secondary N) is 1. The first-order valence-corrected chi connectivity index (χ1v) is 11.2. The Hall–Kier alpha value is -2.83. The Labute approximate surface area is 201 Å². The van der Waals surface area contributed by atoms with Gasteiger partial charge in [0, 0.05) is 30.4 Å². The quantitative estimate of drug-likeness (QED) is 0.619. The molecular weight excluding hydrogens is 466 g/mol. The maximum atomic E-state index is 12.9. The van der Waals surface area contributed by atoms with Crippen LogP contribution in [0.2, 0.25) is 0 Å². The third-order valence-corrected chi connectivity index (χ3v) is 6.47. The molecular formula is C23H27BF3N3O5. The highest BCUT2D eigenvalue weighted by Crippen LogP contribution is 2.37. The fourth-order valence-electron chi connectivity index (χ4n) is 3.88. The number of aromatic nitrogens is 1. The second-order valence-corrected chi connectivity index (χ2v) is 9.64. The number of anilines is 2. The lowest BCUT2D eigenvalue weighted by Gasteiger charge is -2.32. The summed E-state index contributed by atoms with van der Waals surface area (Å²) in [6, 6.07) is 6.46. The van der Waals surface area contributed by atoms with Crippen molar-refractivity contribution in [2.24, 2.45) is 0 Å². The van der Waals surface area contributed by atoms with Crippen LogP contribution in [-0.4, -0.2) is 59.9 Å². The number of aliphatic hydroxyl groups excluding tert-OH is 1. The number of aliphatic hydroxyl groups is 1. The number of amides is 1. The Morgan fingerprint density at radius 2 is 1.83 bits per heavy atom. The molecule has 0 aliphatic carbocycles. The van der Waals surface area contributed by atoms with E-state index in [0.29, 0.717) is 30.8 Å². The number of nitrogens with zero attached hydrogens (tertiary/aromatic N) is 2. The minimum atomic E-state index is -4.80. The molecule has 2 aromatic rings. The standard InChI is InChI=1S/C23H27BF3N3O5/c1-21(2)22(3,4)35-24(34-21)18-11-14(12-28-19(18)30-10-9-16(31)13-30)20(32)29-15-5-7-17(8-6-15)33-23(25,26)27/h5-8,11-12,16,31H,9-10,13H2,1-4H3,(H,29,32)/t16-/m1/s1. The molecule has 0 unspecified atom stereocenters. The van der Waals surface area contributed by atoms with Gasteiger partial charge in [-0.2, -0.15) is 0 Å². The zero-order valence-corrected chi connectivity index (χ0v) is 19.8. The van der Waals surface area contributed by atoms with Crippen LogP contribution in [0.4, 0.5) is 24.7 Å². The predicted molar refractivity (Wildman–Crippen MR) is 124 cm³/mol. The molecule has 1 atom stereocenters. The SMILES string of the molecule is CC1(C)OB(c2cc(C(=O)Nc3ccc(OC(F)(F)F)cc3)cnc2N2CC[C@@H](O)C2)OC1(C)C. The summed E-state index contributed by atoms with van der Waals surface area (Å²) in [4.78, 5) is 19.4. The molecule has 2 aliphatic rings. The summed E-state index contributed by atoms with van der Waals surface area (Å²) in [7, 11) is -0.785. The molecule has 0 bridgehead atoms. The maximum Gasteiger partial charge on any atom is 0.573 e. The smallest absolute Gasteiger partial charge is 0.406 e. The van der Waals surface area contributed by atoms with E-state index in [2.05, 4.69) is 15.0 Å². The third kappa shape index (κ3) is 5.55. The molecule has 4 rings (SSSR count). The van der Waals surface area contributed by atoms with Gasteiger partial charge in [0.15, 0.2) is 0 Å². The van der Waals surface area contributed by atoms with Crippen LogP contribution < -0.4 is 20.4 Å². The molecule has 0 spiro atoms. The van der Waals surface area contributed by atoms with Gasteiger partial charge >= 0.3 is 13.5 Å². The van der Waals surface area contributed by atoms with Gasteiger partial charge in [-0.1, -0.05) is 0 Å². The molecule has 2 fully saturated rings. The average molecular weight is 493 g/mol. The van der Waals surface area contributed by atoms with Gasteiger partial charge in [-0.25, -0.2) is 4.98 Å². The number of hydrogen-bond donors (Lipinski definition) is 2. The summed E-state index contributed by atoms with van der Waals surface area (Å²) in [6.45, 7) is 8.67. The lowest BCUT2D eigenvalue weighted by atomic mass is 9.78. The summed E-state index contributed by atoms with van der Waals surface area (Å²) in [5, 5.41) is 12.6. The molecule has 0 saturated carbocycles. The highest BCUT2D eigenvalue weighted by molar-refractivity contribution is 6.64. The van der Waals surface area contributed by atoms with Crippen molar-refractivity contribution in [3.63, 3.8) is 0 Å². The number of alkyl halides is 3. The van der Waals surface area contributed by atoms with Gasteiger partial charge in [-0.05, 0) is 64.4 Å². The van der Waals surface area contributed by atoms with Crippen molar-refractivity contribution < 1.29 is 37.1 Å². The second kappa shape index (κ2) is 9.00. The van der Waals surface area contributed by atoms with Gasteiger partial charge < -0.3 is 29.4 Å². The van der Waals surface area contributed by atoms with Crippen LogP contribution in [0, 0.1) is 0 Å². The van der Waals surface area contributed by atoms with E-state index < -0.39 is 42.4 Å². The molecule has 2 aliphatic heterocycles. The van der Waals surface area contributed by atoms with Gasteiger partial charge in [0.05, 0.1) is 22.9 Å². The van der Waals surface area contributed by atoms with E-state index in [-0.39, 0.29) is 11.3 Å². The molecule has 3 heterocycles. The van der Waals surface area contributed by atoms with Gasteiger partial charge in [0.1, 0.15) is 11.6 Å². The van der Waals surface area contributed by atoms with Gasteiger partial charge in [-0.15, -0.1) is 13.2 Å². The predicted octanol–water partition coefficient (Wildman–Crippen LogP) is 3.10. The molecule has 8 nitrogen and oxygen atoms in total. The second-order valence-electron chi connectivity index (χ2n) is 9.64. The number of benzene rings is 1. The van der Waals surface area contributed by atoms with Crippen molar-refractivity contribution in [2.75, 3.05) is 23.3 Å². The number of hydrogen-bond acceptors (Lipinski definition) is 7. The summed E-state index contributed by atoms with van der Waals surface area (Å²) < 4.78 is 53.3. The van der Waals surface area contributed by atoms with Gasteiger partial charge in [0.2, 0.25) is 0 Å². The average Bonchev–Trinajstić information content (AvgIpc) is 3.27. The molecule has 35 heavy (non-hydrogen) atoms. The van der Waals surface area contributed by atoms with Crippen LogP contribution in [0.1, 0.15) is 44.5 Å². The van der Waals surface area contributed by atoms with Crippen molar-refractivity contribution in [3.8, 4) is 5.75 Å². The van der Waals surface area contributed by atoms with E-state index in [1.54, 1.807) is 6.07 Å². The Morgan fingerprint density at radius 1 is 1.20 bits per heavy atom. The number of β-amino-alcohol motifs (C(OH)–C–C–N with tert-alkyl or cyclic N) is 1. The molecule has 1 aromatic heterocycles. The lowest BCUT2D eigenvalue weighted by Crippen LogP contribution is -2.41. The molecule has 1 aromatic carbocycles. The van der Waals surface area contributed by atoms with Crippen molar-refractivity contribution in [2.45, 2.75) is 57.8 Å². The fraction of sp³-hybridized carbons (Fsp3) is 0.478. The monoisotopic (exact) mass is 493 g/mol. The number of rotatable bonds is 5. The van der Waals surface area contributed by atoms with E-state index in [1.165, 1.54) is 18.3 Å². The minimum absolute atomic E-state index is 0.217. The highest BCUT2D eigenvalue weighted by Gasteiger charge is 2.53. The first kappa shape index (κ1) is 25.3. The first-order chi connectivity index (χ1) is 16.2. The van der Waals surface area contributed by atoms with E-state index in [4.69, 9.17) is 9.31 Å². The molecule has 12 heteroatoms. The highest BCUT2D eigenvalue weighted by atomic mass is 19.4. The van der Waals surface area contributed by atoms with Crippen LogP contribution >= 0.6 is 0 Å². The minimum Gasteiger partial charge on any atom is -0.406 e. The topological polar surface area (TPSA) is 93.2 Å². The van der Waals surface area contributed by atoms with E-state index >= 15 is 0 Å². The van der Waals surface area contributed by atoms with Crippen molar-refractivity contribution in [3.05, 3.63) is 42.1 Å². The maximum absolute atomic E-state index is 12.9. The van der Waals surface area contributed by atoms with Crippen molar-refractivity contribution in [1.29, 1.82) is 0 Å². The summed E-state index contributed by atoms with van der Waals surface area (Å²) in [5.74, 6) is -0.338. The zero-order chi connectivity index (χ0) is 25.6. The fourth-order valence-corrected chi connectivity index (χ4v) is 3.88. The normalized spacial score (nSPS) is 21.3. The van der Waals surface area contributed by atoms with Crippen LogP contribution in [0.3, 0.4) is 0 Å². The van der Waals surface area contributed by atoms with E-state index in [1.807, 2.05) is 32.6 Å². The van der Waals surface area contributed by atoms with Crippen LogP contribution in [0.15, 0.2) is 36.5 Å². The van der Waals surface area contributed by atoms with Crippen molar-refractivity contribution >= 4 is 30.0 Å². The lowest BCUT2D eigenvalue weighted by molar-refractivity contribution is -0.274. The number of carbonyl (C=O) groups excluding carboxylic acids is 1. The van der Waals surface area contributed by atoms with Crippen LogP contribution in [0.5, 0.6) is 5.75 Å². The largest absolute Gasteiger partial charge is 0.573 e. The Kier molecular flexibility index (Phi) is 6.50. The summed E-state index contributed by atoms with van der Waals surface area (Å²) >= 11 is 0. The zero-order valence-electron chi connectivity index (χ0n) is 19.8. The summed E-state index contributed by atoms with van der Waals surface area (Å²) in [5.41, 5.74) is -0.169. The van der Waals surface area contributed by atoms with Crippen LogP contribution in [-0.2, 0) is 9.31 Å². The number of carbonyl (C=O) groups is 1. The molecule has 0 radical (unpaired) electrons. The number of ether oxygens (including phenoxy) is 1. The molecule has 2 N–H and O–H groups in total. The van der Waals surface area contributed by atoms with Crippen molar-refractivity contribution in [1.82, 2.24) is 4.98 Å². The Bertz CT molecular complexity index is 1080. The first-order valence-electron chi connectivity index (χ1n) is 11.2. The van der Waals surface area contributed by atoms with Gasteiger partial charge in [-0.3, -0.25) is 4.79 Å². The molecule has 1 amide bonds. The van der Waals surface area contributed by atoms with Gasteiger partial charge in [0.25, 0.3) is 5.91 Å². The number of pyridine rings is 1. The third-order valence-electron chi connectivity index (χ3n) is 6.47. The summed E-state index contributed by atoms with van der Waals surface area (Å²) in [6.07, 6.45) is -3.27. The van der Waals surface area contributed by atoms with E-state index in [9.17, 15) is 23.1 Å². The Balaban J connectivity index is 1.59. The number of halogens is 3. The van der Waals surface area contributed by atoms with Crippen LogP contribution in [0.25, 0.3) is 0 Å². The van der Waals surface area contributed by atoms with E-state index in [0.717, 1.165) is 12.1 Å².